The van der Waals surface area contributed by atoms with Crippen molar-refractivity contribution in [3.63, 3.8) is 0 Å². The summed E-state index contributed by atoms with van der Waals surface area (Å²) in [6.45, 7) is 0. The van der Waals surface area contributed by atoms with Gasteiger partial charge in [0.2, 0.25) is 11.7 Å². The number of nitrogens with zero attached hydrogens (tertiary/aromatic N) is 3. The van der Waals surface area contributed by atoms with E-state index in [1.54, 1.807) is 0 Å². The lowest BCUT2D eigenvalue weighted by molar-refractivity contribution is 0.144. The molecule has 0 radical (unpaired) electrons. The maximum Gasteiger partial charge on any atom is 0.511 e. The molecule has 0 saturated heterocycles. The van der Waals surface area contributed by atoms with Crippen molar-refractivity contribution >= 4 is 17.1 Å². The molecule has 11 heteroatoms. The summed E-state index contributed by atoms with van der Waals surface area (Å²) in [7, 11) is 4.27. The predicted octanol–water partition coefficient (Wildman–Crippen LogP) is 1.19. The molecule has 136 valence electrons. The summed E-state index contributed by atoms with van der Waals surface area (Å²) in [5, 5.41) is 12.7. The zero-order valence-electron chi connectivity index (χ0n) is 14.0. The van der Waals surface area contributed by atoms with Crippen LogP contribution in [0.2, 0.25) is 0 Å². The molecule has 26 heavy (non-hydrogen) atoms. The topological polar surface area (TPSA) is 138 Å². The van der Waals surface area contributed by atoms with E-state index in [2.05, 4.69) is 19.8 Å². The van der Waals surface area contributed by atoms with Crippen molar-refractivity contribution in [1.82, 2.24) is 19.7 Å². The van der Waals surface area contributed by atoms with Gasteiger partial charge in [0.05, 0.1) is 39.2 Å². The van der Waals surface area contributed by atoms with E-state index in [-0.39, 0.29) is 34.1 Å². The summed E-state index contributed by atoms with van der Waals surface area (Å²) in [5.74, 6) is 0.801. The molecule has 0 aliphatic carbocycles. The summed E-state index contributed by atoms with van der Waals surface area (Å²) >= 11 is 0. The molecule has 0 atom stereocenters. The highest BCUT2D eigenvalue weighted by Crippen LogP contribution is 2.41. The Hall–Kier alpha value is -3.76. The van der Waals surface area contributed by atoms with Crippen molar-refractivity contribution in [2.24, 2.45) is 0 Å². The van der Waals surface area contributed by atoms with Crippen LogP contribution in [0, 0.1) is 0 Å². The Morgan fingerprint density at radius 1 is 1.19 bits per heavy atom. The number of methoxy groups -OCH3 is 3. The highest BCUT2D eigenvalue weighted by atomic mass is 16.7. The first-order chi connectivity index (χ1) is 12.5. The number of rotatable bonds is 5. The molecule has 2 N–H and O–H groups in total. The largest absolute Gasteiger partial charge is 0.511 e. The van der Waals surface area contributed by atoms with Crippen LogP contribution in [0.15, 0.2) is 23.3 Å². The maximum atomic E-state index is 12.6. The van der Waals surface area contributed by atoms with E-state index >= 15 is 0 Å². The molecule has 0 amide bonds. The first-order valence-electron chi connectivity index (χ1n) is 7.17. The number of benzene rings is 1. The van der Waals surface area contributed by atoms with Crippen LogP contribution in [0.4, 0.5) is 4.79 Å². The molecule has 0 bridgehead atoms. The fourth-order valence-corrected chi connectivity index (χ4v) is 2.44. The van der Waals surface area contributed by atoms with Gasteiger partial charge in [-0.1, -0.05) is 0 Å². The van der Waals surface area contributed by atoms with Gasteiger partial charge in [0.15, 0.2) is 17.2 Å². The lowest BCUT2D eigenvalue weighted by atomic mass is 10.2. The second kappa shape index (κ2) is 6.63. The molecule has 2 heterocycles. The average Bonchev–Trinajstić information content (AvgIpc) is 3.07. The van der Waals surface area contributed by atoms with E-state index in [1.165, 1.54) is 44.5 Å². The van der Waals surface area contributed by atoms with Crippen LogP contribution >= 0.6 is 0 Å². The predicted molar refractivity (Wildman–Crippen MR) is 87.8 cm³/mol. The van der Waals surface area contributed by atoms with Gasteiger partial charge in [-0.25, -0.2) is 14.5 Å². The number of carboxylic acid groups (broad SMARTS) is 1. The van der Waals surface area contributed by atoms with Gasteiger partial charge >= 0.3 is 6.16 Å². The van der Waals surface area contributed by atoms with Crippen molar-refractivity contribution in [2.45, 2.75) is 0 Å². The quantitative estimate of drug-likeness (QED) is 0.641. The first-order valence-corrected chi connectivity index (χ1v) is 7.17. The molecule has 0 saturated carbocycles. The van der Waals surface area contributed by atoms with Gasteiger partial charge in [-0.2, -0.15) is 5.10 Å². The molecule has 0 fully saturated rings. The number of hydrogen-bond acceptors (Lipinski definition) is 8. The van der Waals surface area contributed by atoms with E-state index in [4.69, 9.17) is 19.3 Å². The highest BCUT2D eigenvalue weighted by Gasteiger charge is 2.20. The van der Waals surface area contributed by atoms with Crippen LogP contribution in [0.3, 0.4) is 0 Å². The van der Waals surface area contributed by atoms with E-state index < -0.39 is 11.7 Å². The van der Waals surface area contributed by atoms with E-state index in [0.717, 1.165) is 0 Å². The Morgan fingerprint density at radius 2 is 1.92 bits per heavy atom. The Morgan fingerprint density at radius 3 is 2.54 bits per heavy atom. The Bertz CT molecular complexity index is 1040. The Kier molecular flexibility index (Phi) is 4.35. The van der Waals surface area contributed by atoms with Gasteiger partial charge < -0.3 is 24.1 Å². The van der Waals surface area contributed by atoms with Crippen LogP contribution in [0.5, 0.6) is 23.0 Å². The third-order valence-corrected chi connectivity index (χ3v) is 3.47. The number of ether oxygens (including phenoxy) is 4. The van der Waals surface area contributed by atoms with Crippen molar-refractivity contribution < 1.29 is 28.8 Å². The molecule has 1 aromatic carbocycles. The molecule has 0 unspecified atom stereocenters. The molecule has 11 nitrogen and oxygen atoms in total. The second-order valence-corrected chi connectivity index (χ2v) is 4.92. The zero-order valence-corrected chi connectivity index (χ0v) is 14.0. The van der Waals surface area contributed by atoms with E-state index in [0.29, 0.717) is 5.75 Å². The molecule has 3 rings (SSSR count). The van der Waals surface area contributed by atoms with Crippen LogP contribution in [-0.4, -0.2) is 52.3 Å². The Balaban J connectivity index is 2.20. The summed E-state index contributed by atoms with van der Waals surface area (Å²) in [4.78, 5) is 30.0. The van der Waals surface area contributed by atoms with Crippen LogP contribution in [-0.2, 0) is 0 Å². The van der Waals surface area contributed by atoms with Crippen LogP contribution in [0.25, 0.3) is 16.9 Å². The minimum absolute atomic E-state index is 0.0230. The van der Waals surface area contributed by atoms with Gasteiger partial charge in [0, 0.05) is 6.07 Å². The van der Waals surface area contributed by atoms with Crippen LogP contribution < -0.4 is 24.5 Å². The summed E-state index contributed by atoms with van der Waals surface area (Å²) in [6.07, 6.45) is 0.954. The number of aromatic amines is 1. The third-order valence-electron chi connectivity index (χ3n) is 3.47. The monoisotopic (exact) mass is 362 g/mol. The fourth-order valence-electron chi connectivity index (χ4n) is 2.44. The number of hydrogen-bond donors (Lipinski definition) is 2. The molecular formula is C15H14N4O7. The van der Waals surface area contributed by atoms with Crippen LogP contribution in [0.1, 0.15) is 0 Å². The smallest absolute Gasteiger partial charge is 0.493 e. The van der Waals surface area contributed by atoms with Gasteiger partial charge in [0.25, 0.3) is 5.56 Å². The second-order valence-electron chi connectivity index (χ2n) is 4.92. The Labute approximate surface area is 145 Å². The molecule has 2 aromatic heterocycles. The molecular weight excluding hydrogens is 348 g/mol. The molecule has 0 aliphatic heterocycles. The van der Waals surface area contributed by atoms with Crippen molar-refractivity contribution in [1.29, 1.82) is 0 Å². The number of aromatic nitrogens is 4. The summed E-state index contributed by atoms with van der Waals surface area (Å²) in [6, 6.07) is 1.52. The van der Waals surface area contributed by atoms with Crippen molar-refractivity contribution in [3.8, 4) is 28.9 Å². The van der Waals surface area contributed by atoms with E-state index in [9.17, 15) is 9.59 Å². The van der Waals surface area contributed by atoms with Crippen molar-refractivity contribution in [2.75, 3.05) is 21.3 Å². The lowest BCUT2D eigenvalue weighted by Gasteiger charge is -2.14. The lowest BCUT2D eigenvalue weighted by Crippen LogP contribution is -2.15. The maximum absolute atomic E-state index is 12.6. The normalized spacial score (nSPS) is 10.6. The average molecular weight is 362 g/mol. The van der Waals surface area contributed by atoms with Gasteiger partial charge in [-0.05, 0) is 0 Å². The number of fused-ring (bicyclic) bond motifs is 1. The minimum Gasteiger partial charge on any atom is -0.493 e. The zero-order chi connectivity index (χ0) is 18.8. The standard InChI is InChI=1S/C15H14N4O7/c1-23-9-4-8-10(12(25-3)11(9)24-2)13(20)18-14(17-8)19-6-7(5-16-19)26-15(21)22/h4-6H,1-3H3,(H,21,22)(H,17,18,20). The third kappa shape index (κ3) is 2.85. The van der Waals surface area contributed by atoms with E-state index in [1.807, 2.05) is 0 Å². The molecule has 0 aliphatic rings. The van der Waals surface area contributed by atoms with Gasteiger partial charge in [-0.15, -0.1) is 0 Å². The number of H-pyrrole nitrogens is 1. The minimum atomic E-state index is -1.48. The fraction of sp³-hybridized carbons (Fsp3) is 0.200. The molecule has 3 aromatic rings. The summed E-state index contributed by atoms with van der Waals surface area (Å²) < 4.78 is 21.5. The highest BCUT2D eigenvalue weighted by molar-refractivity contribution is 5.90. The SMILES string of the molecule is COc1cc2nc(-n3cc(OC(=O)O)cn3)[nH]c(=O)c2c(OC)c1OC. The van der Waals surface area contributed by atoms with Gasteiger partial charge in [0.1, 0.15) is 5.39 Å². The van der Waals surface area contributed by atoms with Crippen molar-refractivity contribution in [3.05, 3.63) is 28.8 Å². The summed E-state index contributed by atoms with van der Waals surface area (Å²) in [5.41, 5.74) is -0.228. The first kappa shape index (κ1) is 17.1. The number of carbonyl (C=O) groups is 1. The van der Waals surface area contributed by atoms with Gasteiger partial charge in [-0.3, -0.25) is 9.78 Å². The number of nitrogens with one attached hydrogen (secondary N) is 1. The molecule has 0 spiro atoms.